The van der Waals surface area contributed by atoms with Crippen molar-refractivity contribution in [3.05, 3.63) is 28.5 Å². The first-order valence-electron chi connectivity index (χ1n) is 7.29. The summed E-state index contributed by atoms with van der Waals surface area (Å²) < 4.78 is 0.905. The van der Waals surface area contributed by atoms with Gasteiger partial charge in [0, 0.05) is 29.3 Å². The van der Waals surface area contributed by atoms with Crippen LogP contribution >= 0.6 is 15.9 Å². The Morgan fingerprint density at radius 2 is 2.00 bits per heavy atom. The molecule has 20 heavy (non-hydrogen) atoms. The van der Waals surface area contributed by atoms with Gasteiger partial charge in [0.25, 0.3) is 5.91 Å². The number of hydrogen-bond donors (Lipinski definition) is 0. The van der Waals surface area contributed by atoms with Gasteiger partial charge in [-0.25, -0.2) is 4.98 Å². The topological polar surface area (TPSA) is 36.4 Å². The number of hydrogen-bond acceptors (Lipinski definition) is 3. The monoisotopic (exact) mass is 337 g/mol. The molecule has 1 aromatic rings. The highest BCUT2D eigenvalue weighted by Gasteiger charge is 2.38. The van der Waals surface area contributed by atoms with Crippen LogP contribution in [0.3, 0.4) is 0 Å². The molecule has 0 saturated carbocycles. The van der Waals surface area contributed by atoms with E-state index in [9.17, 15) is 4.79 Å². The quantitative estimate of drug-likeness (QED) is 0.832. The fourth-order valence-electron chi connectivity index (χ4n) is 3.52. The zero-order valence-electron chi connectivity index (χ0n) is 11.8. The molecule has 1 aromatic heterocycles. The summed E-state index contributed by atoms with van der Waals surface area (Å²) in [5.41, 5.74) is 0.556. The molecule has 3 rings (SSSR count). The third kappa shape index (κ3) is 2.61. The molecular weight excluding hydrogens is 318 g/mol. The van der Waals surface area contributed by atoms with Crippen molar-refractivity contribution in [1.82, 2.24) is 14.8 Å². The third-order valence-corrected chi connectivity index (χ3v) is 5.00. The molecule has 108 valence electrons. The summed E-state index contributed by atoms with van der Waals surface area (Å²) in [5.74, 6) is 0.0836. The highest BCUT2D eigenvalue weighted by atomic mass is 79.9. The van der Waals surface area contributed by atoms with Crippen molar-refractivity contribution in [3.63, 3.8) is 0 Å². The number of likely N-dealkylation sites (tertiary alicyclic amines) is 2. The van der Waals surface area contributed by atoms with Gasteiger partial charge < -0.3 is 9.80 Å². The van der Waals surface area contributed by atoms with Crippen molar-refractivity contribution >= 4 is 21.8 Å². The maximum Gasteiger partial charge on any atom is 0.272 e. The summed E-state index contributed by atoms with van der Waals surface area (Å²) in [4.78, 5) is 21.4. The van der Waals surface area contributed by atoms with Crippen LogP contribution in [0, 0.1) is 0 Å². The Bertz CT molecular complexity index is 490. The first kappa shape index (κ1) is 14.0. The van der Waals surface area contributed by atoms with Crippen LogP contribution in [0.4, 0.5) is 0 Å². The number of pyridine rings is 1. The Hall–Kier alpha value is -0.940. The van der Waals surface area contributed by atoms with Gasteiger partial charge in [-0.1, -0.05) is 0 Å². The molecule has 2 aliphatic heterocycles. The van der Waals surface area contributed by atoms with E-state index < -0.39 is 0 Å². The lowest BCUT2D eigenvalue weighted by atomic mass is 10.0. The van der Waals surface area contributed by atoms with E-state index in [2.05, 4.69) is 32.9 Å². The van der Waals surface area contributed by atoms with E-state index in [1.165, 1.54) is 12.8 Å². The molecule has 2 atom stereocenters. The van der Waals surface area contributed by atoms with Crippen LogP contribution in [-0.4, -0.2) is 52.9 Å². The minimum Gasteiger partial charge on any atom is -0.333 e. The molecule has 2 saturated heterocycles. The molecule has 2 fully saturated rings. The minimum atomic E-state index is 0.0836. The molecule has 0 radical (unpaired) electrons. The number of rotatable bonds is 2. The lowest BCUT2D eigenvalue weighted by molar-refractivity contribution is 0.0658. The Labute approximate surface area is 128 Å². The number of carbonyl (C=O) groups excluding carboxylic acids is 1. The van der Waals surface area contributed by atoms with Crippen LogP contribution in [0.25, 0.3) is 0 Å². The van der Waals surface area contributed by atoms with Crippen LogP contribution < -0.4 is 0 Å². The van der Waals surface area contributed by atoms with Gasteiger partial charge >= 0.3 is 0 Å². The van der Waals surface area contributed by atoms with Gasteiger partial charge in [-0.05, 0) is 67.3 Å². The van der Waals surface area contributed by atoms with Crippen LogP contribution in [0.2, 0.25) is 0 Å². The molecule has 0 aromatic carbocycles. The van der Waals surface area contributed by atoms with Gasteiger partial charge in [-0.15, -0.1) is 0 Å². The smallest absolute Gasteiger partial charge is 0.272 e. The summed E-state index contributed by atoms with van der Waals surface area (Å²) in [6.07, 6.45) is 6.38. The molecule has 0 unspecified atom stereocenters. The molecule has 0 bridgehead atoms. The van der Waals surface area contributed by atoms with Crippen LogP contribution in [-0.2, 0) is 0 Å². The number of nitrogens with zero attached hydrogens (tertiary/aromatic N) is 3. The second-order valence-corrected chi connectivity index (χ2v) is 6.68. The summed E-state index contributed by atoms with van der Waals surface area (Å²) in [6, 6.07) is 4.57. The summed E-state index contributed by atoms with van der Waals surface area (Å²) in [7, 11) is 2.18. The van der Waals surface area contributed by atoms with E-state index in [0.717, 1.165) is 30.4 Å². The van der Waals surface area contributed by atoms with Crippen molar-refractivity contribution in [1.29, 1.82) is 0 Å². The van der Waals surface area contributed by atoms with Gasteiger partial charge in [0.05, 0.1) is 0 Å². The summed E-state index contributed by atoms with van der Waals surface area (Å²) >= 11 is 3.36. The SMILES string of the molecule is CN1CCC[C@@H]1[C@@H]1CCCN1C(=O)c1ccc(Br)cn1. The van der Waals surface area contributed by atoms with Crippen LogP contribution in [0.5, 0.6) is 0 Å². The Morgan fingerprint density at radius 3 is 2.65 bits per heavy atom. The maximum absolute atomic E-state index is 12.7. The van der Waals surface area contributed by atoms with Crippen molar-refractivity contribution in [2.45, 2.75) is 37.8 Å². The summed E-state index contributed by atoms with van der Waals surface area (Å²) in [5, 5.41) is 0. The fourth-order valence-corrected chi connectivity index (χ4v) is 3.75. The van der Waals surface area contributed by atoms with E-state index >= 15 is 0 Å². The van der Waals surface area contributed by atoms with Crippen molar-refractivity contribution in [2.24, 2.45) is 0 Å². The average Bonchev–Trinajstić information content (AvgIpc) is 3.07. The van der Waals surface area contributed by atoms with Gasteiger partial charge in [-0.3, -0.25) is 4.79 Å². The van der Waals surface area contributed by atoms with Gasteiger partial charge in [-0.2, -0.15) is 0 Å². The standard InChI is InChI=1S/C15H20BrN3O/c1-18-8-2-4-13(18)14-5-3-9-19(14)15(20)12-7-6-11(16)10-17-12/h6-7,10,13-14H,2-5,8-9H2,1H3/t13-,14+/m1/s1. The highest BCUT2D eigenvalue weighted by Crippen LogP contribution is 2.29. The first-order valence-corrected chi connectivity index (χ1v) is 8.09. The van der Waals surface area contributed by atoms with Crippen LogP contribution in [0.15, 0.2) is 22.8 Å². The van der Waals surface area contributed by atoms with E-state index in [-0.39, 0.29) is 5.91 Å². The van der Waals surface area contributed by atoms with Crippen molar-refractivity contribution in [2.75, 3.05) is 20.1 Å². The molecule has 0 aliphatic carbocycles. The number of aromatic nitrogens is 1. The second-order valence-electron chi connectivity index (χ2n) is 5.76. The van der Waals surface area contributed by atoms with Gasteiger partial charge in [0.1, 0.15) is 5.69 Å². The number of halogens is 1. The Morgan fingerprint density at radius 1 is 1.25 bits per heavy atom. The Kier molecular flexibility index (Phi) is 4.08. The number of amides is 1. The van der Waals surface area contributed by atoms with Crippen LogP contribution in [0.1, 0.15) is 36.2 Å². The van der Waals surface area contributed by atoms with Gasteiger partial charge in [0.2, 0.25) is 0 Å². The number of carbonyl (C=O) groups is 1. The van der Waals surface area contributed by atoms with E-state index in [1.54, 1.807) is 12.3 Å². The normalized spacial score (nSPS) is 27.2. The molecule has 2 aliphatic rings. The molecule has 0 N–H and O–H groups in total. The largest absolute Gasteiger partial charge is 0.333 e. The average molecular weight is 338 g/mol. The lowest BCUT2D eigenvalue weighted by Crippen LogP contribution is -2.47. The number of likely N-dealkylation sites (N-methyl/N-ethyl adjacent to an activating group) is 1. The predicted molar refractivity (Wildman–Crippen MR) is 81.6 cm³/mol. The molecule has 3 heterocycles. The highest BCUT2D eigenvalue weighted by molar-refractivity contribution is 9.10. The third-order valence-electron chi connectivity index (χ3n) is 4.53. The molecule has 1 amide bonds. The molecule has 5 heteroatoms. The second kappa shape index (κ2) is 5.82. The van der Waals surface area contributed by atoms with E-state index in [4.69, 9.17) is 0 Å². The fraction of sp³-hybridized carbons (Fsp3) is 0.600. The first-order chi connectivity index (χ1) is 9.66. The minimum absolute atomic E-state index is 0.0836. The van der Waals surface area contributed by atoms with Crippen molar-refractivity contribution < 1.29 is 4.79 Å². The van der Waals surface area contributed by atoms with E-state index in [0.29, 0.717) is 17.8 Å². The van der Waals surface area contributed by atoms with Crippen molar-refractivity contribution in [3.8, 4) is 0 Å². The maximum atomic E-state index is 12.7. The Balaban J connectivity index is 1.78. The molecular formula is C15H20BrN3O. The molecule has 0 spiro atoms. The predicted octanol–water partition coefficient (Wildman–Crippen LogP) is 2.54. The van der Waals surface area contributed by atoms with Gasteiger partial charge in [0.15, 0.2) is 0 Å². The van der Waals surface area contributed by atoms with E-state index in [1.807, 2.05) is 11.0 Å². The molecule has 4 nitrogen and oxygen atoms in total. The zero-order chi connectivity index (χ0) is 14.1. The zero-order valence-corrected chi connectivity index (χ0v) is 13.3. The lowest BCUT2D eigenvalue weighted by Gasteiger charge is -2.33. The summed E-state index contributed by atoms with van der Waals surface area (Å²) in [6.45, 7) is 2.02.